The van der Waals surface area contributed by atoms with Gasteiger partial charge in [0.15, 0.2) is 5.76 Å². The summed E-state index contributed by atoms with van der Waals surface area (Å²) >= 11 is 0. The minimum absolute atomic E-state index is 0.0960. The third-order valence-corrected chi connectivity index (χ3v) is 4.38. The normalized spacial score (nSPS) is 10.5. The monoisotopic (exact) mass is 385 g/mol. The van der Waals surface area contributed by atoms with Gasteiger partial charge < -0.3 is 20.4 Å². The van der Waals surface area contributed by atoms with Crippen LogP contribution in [0.25, 0.3) is 10.8 Å². The van der Waals surface area contributed by atoms with Crippen molar-refractivity contribution in [3.8, 4) is 0 Å². The van der Waals surface area contributed by atoms with E-state index in [4.69, 9.17) is 4.42 Å². The van der Waals surface area contributed by atoms with E-state index in [0.717, 1.165) is 22.1 Å². The summed E-state index contributed by atoms with van der Waals surface area (Å²) in [4.78, 5) is 24.5. The first kappa shape index (κ1) is 18.3. The van der Waals surface area contributed by atoms with Crippen LogP contribution in [-0.4, -0.2) is 18.4 Å². The van der Waals surface area contributed by atoms with E-state index in [-0.39, 0.29) is 24.1 Å². The molecular weight excluding hydrogens is 366 g/mol. The zero-order valence-electron chi connectivity index (χ0n) is 15.5. The minimum atomic E-state index is -0.333. The molecule has 6 nitrogen and oxygen atoms in total. The molecule has 29 heavy (non-hydrogen) atoms. The molecule has 0 unspecified atom stereocenters. The standard InChI is InChI=1S/C23H19N3O3/c27-22(26-20-11-3-7-16-6-1-2-10-19(16)20)15-24-17-8-4-9-18(14-17)25-23(28)21-12-5-13-29-21/h1-14,24H,15H2,(H,25,28)(H,26,27). The second-order valence-corrected chi connectivity index (χ2v) is 6.44. The van der Waals surface area contributed by atoms with Gasteiger partial charge in [0.25, 0.3) is 5.91 Å². The molecule has 0 aliphatic heterocycles. The lowest BCUT2D eigenvalue weighted by atomic mass is 10.1. The summed E-state index contributed by atoms with van der Waals surface area (Å²) in [7, 11) is 0. The number of benzene rings is 3. The quantitative estimate of drug-likeness (QED) is 0.448. The summed E-state index contributed by atoms with van der Waals surface area (Å²) in [6, 6.07) is 24.1. The molecule has 0 spiro atoms. The van der Waals surface area contributed by atoms with E-state index in [1.165, 1.54) is 6.26 Å². The smallest absolute Gasteiger partial charge is 0.291 e. The Labute approximate surface area is 167 Å². The van der Waals surface area contributed by atoms with Crippen molar-refractivity contribution < 1.29 is 14.0 Å². The molecule has 3 N–H and O–H groups in total. The third-order valence-electron chi connectivity index (χ3n) is 4.38. The van der Waals surface area contributed by atoms with E-state index in [1.54, 1.807) is 30.3 Å². The van der Waals surface area contributed by atoms with Crippen LogP contribution in [0.1, 0.15) is 10.6 Å². The number of anilines is 3. The molecule has 0 saturated heterocycles. The van der Waals surface area contributed by atoms with Gasteiger partial charge in [0.2, 0.25) is 5.91 Å². The highest BCUT2D eigenvalue weighted by Gasteiger charge is 2.09. The topological polar surface area (TPSA) is 83.4 Å². The average Bonchev–Trinajstić information content (AvgIpc) is 3.28. The highest BCUT2D eigenvalue weighted by atomic mass is 16.3. The third kappa shape index (κ3) is 4.44. The molecule has 1 heterocycles. The second kappa shape index (κ2) is 8.31. The summed E-state index contributed by atoms with van der Waals surface area (Å²) in [6.45, 7) is 0.0960. The number of hydrogen-bond donors (Lipinski definition) is 3. The molecule has 1 aromatic heterocycles. The lowest BCUT2D eigenvalue weighted by molar-refractivity contribution is -0.114. The number of furan rings is 1. The zero-order chi connectivity index (χ0) is 20.1. The van der Waals surface area contributed by atoms with Gasteiger partial charge in [-0.15, -0.1) is 0 Å². The van der Waals surface area contributed by atoms with Crippen molar-refractivity contribution >= 4 is 39.6 Å². The Hall–Kier alpha value is -4.06. The second-order valence-electron chi connectivity index (χ2n) is 6.44. The van der Waals surface area contributed by atoms with Gasteiger partial charge in [-0.3, -0.25) is 9.59 Å². The Balaban J connectivity index is 1.37. The molecule has 0 radical (unpaired) electrons. The molecule has 0 fully saturated rings. The van der Waals surface area contributed by atoms with E-state index < -0.39 is 0 Å². The van der Waals surface area contributed by atoms with Crippen LogP contribution in [0.2, 0.25) is 0 Å². The number of fused-ring (bicyclic) bond motifs is 1. The minimum Gasteiger partial charge on any atom is -0.459 e. The van der Waals surface area contributed by atoms with Gasteiger partial charge in [0.05, 0.1) is 12.8 Å². The summed E-state index contributed by atoms with van der Waals surface area (Å²) < 4.78 is 5.08. The van der Waals surface area contributed by atoms with Gasteiger partial charge in [-0.2, -0.15) is 0 Å². The van der Waals surface area contributed by atoms with E-state index in [2.05, 4.69) is 16.0 Å². The first-order chi connectivity index (χ1) is 14.2. The van der Waals surface area contributed by atoms with Crippen molar-refractivity contribution in [1.29, 1.82) is 0 Å². The van der Waals surface area contributed by atoms with Gasteiger partial charge in [-0.25, -0.2) is 0 Å². The van der Waals surface area contributed by atoms with Gasteiger partial charge in [-0.1, -0.05) is 42.5 Å². The number of hydrogen-bond acceptors (Lipinski definition) is 4. The molecule has 2 amide bonds. The Morgan fingerprint density at radius 2 is 1.59 bits per heavy atom. The van der Waals surface area contributed by atoms with Crippen molar-refractivity contribution in [2.75, 3.05) is 22.5 Å². The number of rotatable bonds is 6. The van der Waals surface area contributed by atoms with Crippen molar-refractivity contribution in [3.63, 3.8) is 0 Å². The summed E-state index contributed by atoms with van der Waals surface area (Å²) in [6.07, 6.45) is 1.45. The van der Waals surface area contributed by atoms with Crippen molar-refractivity contribution in [2.24, 2.45) is 0 Å². The van der Waals surface area contributed by atoms with Gasteiger partial charge in [-0.05, 0) is 41.8 Å². The maximum Gasteiger partial charge on any atom is 0.291 e. The number of carbonyl (C=O) groups excluding carboxylic acids is 2. The van der Waals surface area contributed by atoms with Crippen LogP contribution in [0.5, 0.6) is 0 Å². The van der Waals surface area contributed by atoms with Crippen LogP contribution >= 0.6 is 0 Å². The first-order valence-corrected chi connectivity index (χ1v) is 9.15. The van der Waals surface area contributed by atoms with E-state index >= 15 is 0 Å². The molecular formula is C23H19N3O3. The molecule has 0 aliphatic rings. The maximum absolute atomic E-state index is 12.4. The maximum atomic E-state index is 12.4. The molecule has 4 aromatic rings. The van der Waals surface area contributed by atoms with Gasteiger partial charge in [0, 0.05) is 22.4 Å². The Kier molecular flexibility index (Phi) is 5.25. The van der Waals surface area contributed by atoms with Crippen molar-refractivity contribution in [3.05, 3.63) is 90.9 Å². The average molecular weight is 385 g/mol. The van der Waals surface area contributed by atoms with Crippen LogP contribution in [-0.2, 0) is 4.79 Å². The lowest BCUT2D eigenvalue weighted by Crippen LogP contribution is -2.22. The fraction of sp³-hybridized carbons (Fsp3) is 0.0435. The molecule has 0 bridgehead atoms. The van der Waals surface area contributed by atoms with E-state index in [9.17, 15) is 9.59 Å². The fourth-order valence-electron chi connectivity index (χ4n) is 3.02. The SMILES string of the molecule is O=C(CNc1cccc(NC(=O)c2ccco2)c1)Nc1cccc2ccccc12. The molecule has 144 valence electrons. The molecule has 6 heteroatoms. The number of carbonyl (C=O) groups is 2. The molecule has 0 saturated carbocycles. The lowest BCUT2D eigenvalue weighted by Gasteiger charge is -2.11. The highest BCUT2D eigenvalue weighted by molar-refractivity contribution is 6.04. The van der Waals surface area contributed by atoms with Gasteiger partial charge in [0.1, 0.15) is 0 Å². The number of amides is 2. The Morgan fingerprint density at radius 3 is 2.45 bits per heavy atom. The molecule has 0 atom stereocenters. The first-order valence-electron chi connectivity index (χ1n) is 9.15. The molecule has 4 rings (SSSR count). The van der Waals surface area contributed by atoms with Crippen LogP contribution in [0.3, 0.4) is 0 Å². The molecule has 3 aromatic carbocycles. The summed E-state index contributed by atoms with van der Waals surface area (Å²) in [5, 5.41) is 10.8. The summed E-state index contributed by atoms with van der Waals surface area (Å²) in [5.41, 5.74) is 2.09. The fourth-order valence-corrected chi connectivity index (χ4v) is 3.02. The molecule has 0 aliphatic carbocycles. The van der Waals surface area contributed by atoms with Crippen LogP contribution in [0.4, 0.5) is 17.1 Å². The van der Waals surface area contributed by atoms with Crippen molar-refractivity contribution in [2.45, 2.75) is 0 Å². The largest absolute Gasteiger partial charge is 0.459 e. The van der Waals surface area contributed by atoms with Crippen molar-refractivity contribution in [1.82, 2.24) is 0 Å². The van der Waals surface area contributed by atoms with E-state index in [1.807, 2.05) is 48.5 Å². The summed E-state index contributed by atoms with van der Waals surface area (Å²) in [5.74, 6) is -0.259. The van der Waals surface area contributed by atoms with Crippen LogP contribution in [0, 0.1) is 0 Å². The highest BCUT2D eigenvalue weighted by Crippen LogP contribution is 2.23. The Bertz CT molecular complexity index is 1150. The predicted molar refractivity (Wildman–Crippen MR) is 114 cm³/mol. The zero-order valence-corrected chi connectivity index (χ0v) is 15.5. The Morgan fingerprint density at radius 1 is 0.793 bits per heavy atom. The van der Waals surface area contributed by atoms with E-state index in [0.29, 0.717) is 5.69 Å². The van der Waals surface area contributed by atoms with Gasteiger partial charge >= 0.3 is 0 Å². The van der Waals surface area contributed by atoms with Crippen LogP contribution in [0.15, 0.2) is 89.5 Å². The van der Waals surface area contributed by atoms with Crippen LogP contribution < -0.4 is 16.0 Å². The number of nitrogens with one attached hydrogen (secondary N) is 3. The predicted octanol–water partition coefficient (Wildman–Crippen LogP) is 4.74.